The molecule has 1 aromatic heterocycles. The van der Waals surface area contributed by atoms with E-state index in [0.29, 0.717) is 12.6 Å². The Hall–Kier alpha value is -0.870. The SMILES string of the molecule is COCc1c2cc(Br)ccc2nn1C1CCCC1. The molecule has 1 aromatic carbocycles. The van der Waals surface area contributed by atoms with Crippen molar-refractivity contribution in [2.45, 2.75) is 38.3 Å². The number of hydrogen-bond acceptors (Lipinski definition) is 2. The quantitative estimate of drug-likeness (QED) is 0.855. The first kappa shape index (κ1) is 12.2. The first-order chi connectivity index (χ1) is 8.79. The number of halogens is 1. The van der Waals surface area contributed by atoms with Gasteiger partial charge in [-0.2, -0.15) is 5.10 Å². The average Bonchev–Trinajstić information content (AvgIpc) is 2.98. The van der Waals surface area contributed by atoms with Crippen LogP contribution in [0.25, 0.3) is 10.9 Å². The van der Waals surface area contributed by atoms with E-state index in [9.17, 15) is 0 Å². The van der Waals surface area contributed by atoms with Gasteiger partial charge in [0.1, 0.15) is 0 Å². The summed E-state index contributed by atoms with van der Waals surface area (Å²) in [5, 5.41) is 5.98. The number of hydrogen-bond donors (Lipinski definition) is 0. The summed E-state index contributed by atoms with van der Waals surface area (Å²) in [6.07, 6.45) is 5.12. The maximum absolute atomic E-state index is 5.36. The van der Waals surface area contributed by atoms with Crippen molar-refractivity contribution in [3.8, 4) is 0 Å². The van der Waals surface area contributed by atoms with Crippen LogP contribution in [0.3, 0.4) is 0 Å². The predicted octanol–water partition coefficient (Wildman–Crippen LogP) is 4.06. The molecule has 0 atom stereocenters. The van der Waals surface area contributed by atoms with Crippen molar-refractivity contribution >= 4 is 26.8 Å². The molecule has 96 valence electrons. The molecule has 0 radical (unpaired) electrons. The number of fused-ring (bicyclic) bond motifs is 1. The Labute approximate surface area is 115 Å². The highest BCUT2D eigenvalue weighted by Gasteiger charge is 2.22. The molecular weight excluding hydrogens is 292 g/mol. The third-order valence-electron chi connectivity index (χ3n) is 3.71. The van der Waals surface area contributed by atoms with Crippen LogP contribution in [-0.2, 0) is 11.3 Å². The van der Waals surface area contributed by atoms with Gasteiger partial charge in [-0.3, -0.25) is 4.68 Å². The van der Waals surface area contributed by atoms with E-state index in [-0.39, 0.29) is 0 Å². The van der Waals surface area contributed by atoms with E-state index in [0.717, 1.165) is 9.99 Å². The van der Waals surface area contributed by atoms with Gasteiger partial charge in [-0.15, -0.1) is 0 Å². The molecule has 0 amide bonds. The molecule has 4 heteroatoms. The molecular formula is C14H17BrN2O. The van der Waals surface area contributed by atoms with Crippen molar-refractivity contribution in [2.75, 3.05) is 7.11 Å². The molecule has 0 spiro atoms. The molecule has 2 aromatic rings. The van der Waals surface area contributed by atoms with Crippen LogP contribution in [-0.4, -0.2) is 16.9 Å². The van der Waals surface area contributed by atoms with Crippen molar-refractivity contribution in [2.24, 2.45) is 0 Å². The van der Waals surface area contributed by atoms with Crippen LogP contribution in [0.15, 0.2) is 22.7 Å². The number of nitrogens with zero attached hydrogens (tertiary/aromatic N) is 2. The Morgan fingerprint density at radius 1 is 1.39 bits per heavy atom. The summed E-state index contributed by atoms with van der Waals surface area (Å²) in [6.45, 7) is 0.628. The third kappa shape index (κ3) is 2.08. The fourth-order valence-electron chi connectivity index (χ4n) is 2.86. The molecule has 1 fully saturated rings. The highest BCUT2D eigenvalue weighted by Crippen LogP contribution is 2.33. The number of methoxy groups -OCH3 is 1. The Morgan fingerprint density at radius 3 is 2.89 bits per heavy atom. The molecule has 0 N–H and O–H groups in total. The second kappa shape index (κ2) is 5.02. The van der Waals surface area contributed by atoms with Gasteiger partial charge in [0.2, 0.25) is 0 Å². The van der Waals surface area contributed by atoms with Crippen LogP contribution in [0.1, 0.15) is 37.4 Å². The molecule has 1 heterocycles. The number of benzene rings is 1. The zero-order valence-corrected chi connectivity index (χ0v) is 12.1. The van der Waals surface area contributed by atoms with Gasteiger partial charge in [0, 0.05) is 17.0 Å². The maximum Gasteiger partial charge on any atom is 0.0928 e. The molecule has 0 saturated heterocycles. The zero-order valence-electron chi connectivity index (χ0n) is 10.5. The van der Waals surface area contributed by atoms with Crippen LogP contribution in [0.2, 0.25) is 0 Å². The van der Waals surface area contributed by atoms with E-state index < -0.39 is 0 Å². The van der Waals surface area contributed by atoms with Crippen LogP contribution in [0.4, 0.5) is 0 Å². The third-order valence-corrected chi connectivity index (χ3v) is 4.21. The molecule has 0 unspecified atom stereocenters. The van der Waals surface area contributed by atoms with E-state index in [4.69, 9.17) is 9.84 Å². The highest BCUT2D eigenvalue weighted by molar-refractivity contribution is 9.10. The monoisotopic (exact) mass is 308 g/mol. The first-order valence-corrected chi connectivity index (χ1v) is 7.24. The van der Waals surface area contributed by atoms with Gasteiger partial charge in [-0.1, -0.05) is 28.8 Å². The fourth-order valence-corrected chi connectivity index (χ4v) is 3.22. The molecule has 3 nitrogen and oxygen atoms in total. The topological polar surface area (TPSA) is 27.1 Å². The number of ether oxygens (including phenoxy) is 1. The van der Waals surface area contributed by atoms with Crippen molar-refractivity contribution in [1.29, 1.82) is 0 Å². The minimum atomic E-state index is 0.557. The van der Waals surface area contributed by atoms with Gasteiger partial charge in [-0.05, 0) is 31.0 Å². The van der Waals surface area contributed by atoms with E-state index in [2.05, 4.69) is 32.7 Å². The zero-order chi connectivity index (χ0) is 12.5. The first-order valence-electron chi connectivity index (χ1n) is 6.45. The summed E-state index contributed by atoms with van der Waals surface area (Å²) >= 11 is 3.53. The van der Waals surface area contributed by atoms with Gasteiger partial charge >= 0.3 is 0 Å². The summed E-state index contributed by atoms with van der Waals surface area (Å²) in [6, 6.07) is 6.82. The van der Waals surface area contributed by atoms with Crippen LogP contribution >= 0.6 is 15.9 Å². The molecule has 18 heavy (non-hydrogen) atoms. The maximum atomic E-state index is 5.36. The summed E-state index contributed by atoms with van der Waals surface area (Å²) in [5.74, 6) is 0. The van der Waals surface area contributed by atoms with Crippen LogP contribution in [0.5, 0.6) is 0 Å². The smallest absolute Gasteiger partial charge is 0.0928 e. The Kier molecular flexibility index (Phi) is 3.39. The molecule has 0 aliphatic heterocycles. The molecule has 0 bridgehead atoms. The second-order valence-electron chi connectivity index (χ2n) is 4.92. The number of aromatic nitrogens is 2. The molecule has 1 aliphatic carbocycles. The van der Waals surface area contributed by atoms with Gasteiger partial charge in [0.25, 0.3) is 0 Å². The van der Waals surface area contributed by atoms with E-state index >= 15 is 0 Å². The average molecular weight is 309 g/mol. The summed E-state index contributed by atoms with van der Waals surface area (Å²) in [4.78, 5) is 0. The van der Waals surface area contributed by atoms with Crippen LogP contribution in [0, 0.1) is 0 Å². The van der Waals surface area contributed by atoms with E-state index in [1.807, 2.05) is 6.07 Å². The van der Waals surface area contributed by atoms with Gasteiger partial charge in [0.15, 0.2) is 0 Å². The largest absolute Gasteiger partial charge is 0.378 e. The lowest BCUT2D eigenvalue weighted by Gasteiger charge is -2.13. The number of rotatable bonds is 3. The molecule has 1 aliphatic rings. The standard InChI is InChI=1S/C14H17BrN2O/c1-18-9-14-12-8-10(15)6-7-13(12)16-17(14)11-4-2-3-5-11/h6-8,11H,2-5,9H2,1H3. The Bertz CT molecular complexity index is 558. The lowest BCUT2D eigenvalue weighted by Crippen LogP contribution is -2.11. The highest BCUT2D eigenvalue weighted by atomic mass is 79.9. The Morgan fingerprint density at radius 2 is 2.17 bits per heavy atom. The van der Waals surface area contributed by atoms with Crippen molar-refractivity contribution in [3.05, 3.63) is 28.4 Å². The van der Waals surface area contributed by atoms with Crippen molar-refractivity contribution in [3.63, 3.8) is 0 Å². The van der Waals surface area contributed by atoms with Crippen molar-refractivity contribution < 1.29 is 4.74 Å². The van der Waals surface area contributed by atoms with Crippen molar-refractivity contribution in [1.82, 2.24) is 9.78 Å². The molecule has 1 saturated carbocycles. The summed E-state index contributed by atoms with van der Waals surface area (Å²) in [7, 11) is 1.75. The van der Waals surface area contributed by atoms with Crippen LogP contribution < -0.4 is 0 Å². The minimum Gasteiger partial charge on any atom is -0.378 e. The van der Waals surface area contributed by atoms with Gasteiger partial charge < -0.3 is 4.74 Å². The summed E-state index contributed by atoms with van der Waals surface area (Å²) in [5.41, 5.74) is 2.28. The normalized spacial score (nSPS) is 16.8. The minimum absolute atomic E-state index is 0.557. The van der Waals surface area contributed by atoms with E-state index in [1.54, 1.807) is 7.11 Å². The fraction of sp³-hybridized carbons (Fsp3) is 0.500. The lowest BCUT2D eigenvalue weighted by molar-refractivity contribution is 0.175. The van der Waals surface area contributed by atoms with E-state index in [1.165, 1.54) is 36.8 Å². The lowest BCUT2D eigenvalue weighted by atomic mass is 10.2. The van der Waals surface area contributed by atoms with Gasteiger partial charge in [0.05, 0.1) is 23.9 Å². The van der Waals surface area contributed by atoms with Gasteiger partial charge in [-0.25, -0.2) is 0 Å². The molecule has 3 rings (SSSR count). The Balaban J connectivity index is 2.13. The summed E-state index contributed by atoms with van der Waals surface area (Å²) < 4.78 is 8.66. The second-order valence-corrected chi connectivity index (χ2v) is 5.84. The predicted molar refractivity (Wildman–Crippen MR) is 75.7 cm³/mol.